The molecule has 0 aromatic heterocycles. The zero-order valence-corrected chi connectivity index (χ0v) is 9.85. The number of aliphatic hydroxyl groups is 1. The van der Waals surface area contributed by atoms with Crippen LogP contribution in [0.4, 0.5) is 0 Å². The van der Waals surface area contributed by atoms with Gasteiger partial charge in [0.2, 0.25) is 5.91 Å². The maximum Gasteiger partial charge on any atom is 0.223 e. The van der Waals surface area contributed by atoms with E-state index < -0.39 is 0 Å². The van der Waals surface area contributed by atoms with Crippen LogP contribution in [-0.4, -0.2) is 43.6 Å². The van der Waals surface area contributed by atoms with Crippen LogP contribution in [0.15, 0.2) is 0 Å². The van der Waals surface area contributed by atoms with Crippen molar-refractivity contribution in [3.8, 4) is 0 Å². The second-order valence-electron chi connectivity index (χ2n) is 4.64. The molecule has 2 rings (SSSR count). The Morgan fingerprint density at radius 3 is 3.00 bits per heavy atom. The molecule has 17 heavy (non-hydrogen) atoms. The van der Waals surface area contributed by atoms with E-state index in [1.807, 2.05) is 0 Å². The summed E-state index contributed by atoms with van der Waals surface area (Å²) in [6.45, 7) is 1.69. The molecular weight excluding hydrogens is 224 g/mol. The van der Waals surface area contributed by atoms with Crippen molar-refractivity contribution in [2.45, 2.75) is 25.5 Å². The molecule has 1 amide bonds. The number of rotatable bonds is 7. The highest BCUT2D eigenvalue weighted by Crippen LogP contribution is 2.31. The molecule has 6 heteroatoms. The number of aliphatic hydroxyl groups excluding tert-OH is 1. The first-order chi connectivity index (χ1) is 8.29. The van der Waals surface area contributed by atoms with E-state index in [0.29, 0.717) is 19.1 Å². The van der Waals surface area contributed by atoms with Gasteiger partial charge in [-0.15, -0.1) is 0 Å². The van der Waals surface area contributed by atoms with Gasteiger partial charge in [0.05, 0.1) is 19.8 Å². The molecule has 3 N–H and O–H groups in total. The number of ether oxygens (including phenoxy) is 1. The summed E-state index contributed by atoms with van der Waals surface area (Å²) in [6, 6.07) is 0. The summed E-state index contributed by atoms with van der Waals surface area (Å²) < 4.78 is 4.95. The van der Waals surface area contributed by atoms with Crippen molar-refractivity contribution in [2.24, 2.45) is 11.8 Å². The fraction of sp³-hybridized carbons (Fsp3) is 0.909. The Kier molecular flexibility index (Phi) is 4.73. The topological polar surface area (TPSA) is 83.1 Å². The van der Waals surface area contributed by atoms with E-state index >= 15 is 0 Å². The summed E-state index contributed by atoms with van der Waals surface area (Å²) in [5.74, 6) is 0.568. The number of carbonyl (C=O) groups excluding carboxylic acids is 1. The Labute approximate surface area is 101 Å². The van der Waals surface area contributed by atoms with Gasteiger partial charge in [0.1, 0.15) is 0 Å². The maximum absolute atomic E-state index is 11.6. The van der Waals surface area contributed by atoms with E-state index in [0.717, 1.165) is 25.9 Å². The van der Waals surface area contributed by atoms with Crippen molar-refractivity contribution in [1.29, 1.82) is 0 Å². The maximum atomic E-state index is 11.6. The van der Waals surface area contributed by atoms with Crippen molar-refractivity contribution < 1.29 is 19.5 Å². The third-order valence-electron chi connectivity index (χ3n) is 3.19. The molecule has 0 aromatic rings. The molecule has 2 aliphatic rings. The molecule has 3 unspecified atom stereocenters. The van der Waals surface area contributed by atoms with Gasteiger partial charge in [-0.05, 0) is 25.2 Å². The molecule has 98 valence electrons. The predicted octanol–water partition coefficient (Wildman–Crippen LogP) is -0.611. The summed E-state index contributed by atoms with van der Waals surface area (Å²) in [5, 5.41) is 11.3. The molecule has 1 saturated carbocycles. The van der Waals surface area contributed by atoms with Gasteiger partial charge in [-0.2, -0.15) is 5.48 Å². The molecular formula is C11H20N2O4. The molecule has 0 spiro atoms. The molecule has 0 radical (unpaired) electrons. The van der Waals surface area contributed by atoms with Gasteiger partial charge in [-0.3, -0.25) is 9.63 Å². The second-order valence-corrected chi connectivity index (χ2v) is 4.64. The van der Waals surface area contributed by atoms with Crippen LogP contribution in [-0.2, 0) is 14.4 Å². The molecule has 0 bridgehead atoms. The van der Waals surface area contributed by atoms with E-state index in [4.69, 9.17) is 14.7 Å². The molecule has 1 aliphatic heterocycles. The minimum Gasteiger partial charge on any atom is -0.395 e. The quantitative estimate of drug-likeness (QED) is 0.411. The first-order valence-electron chi connectivity index (χ1n) is 6.17. The van der Waals surface area contributed by atoms with Crippen LogP contribution in [0.1, 0.15) is 19.3 Å². The lowest BCUT2D eigenvalue weighted by Crippen LogP contribution is -2.31. The molecule has 3 atom stereocenters. The number of nitrogens with one attached hydrogen (secondary N) is 2. The molecule has 1 aliphatic carbocycles. The van der Waals surface area contributed by atoms with E-state index in [1.165, 1.54) is 0 Å². The zero-order chi connectivity index (χ0) is 12.1. The third-order valence-corrected chi connectivity index (χ3v) is 3.19. The van der Waals surface area contributed by atoms with Crippen LogP contribution in [0.25, 0.3) is 0 Å². The number of hydrogen-bond acceptors (Lipinski definition) is 5. The van der Waals surface area contributed by atoms with E-state index in [9.17, 15) is 4.79 Å². The van der Waals surface area contributed by atoms with Crippen LogP contribution in [0.3, 0.4) is 0 Å². The largest absolute Gasteiger partial charge is 0.395 e. The molecule has 2 fully saturated rings. The normalized spacial score (nSPS) is 31.5. The third kappa shape index (κ3) is 4.23. The van der Waals surface area contributed by atoms with E-state index in [-0.39, 0.29) is 24.7 Å². The SMILES string of the molecule is O=C(NCCO)C1CCC(CONC2CO2)C1. The minimum atomic E-state index is -0.00366. The highest BCUT2D eigenvalue weighted by molar-refractivity contribution is 5.78. The van der Waals surface area contributed by atoms with Crippen LogP contribution < -0.4 is 10.8 Å². The molecule has 1 heterocycles. The minimum absolute atomic E-state index is 0.00366. The number of carbonyl (C=O) groups is 1. The monoisotopic (exact) mass is 244 g/mol. The van der Waals surface area contributed by atoms with Crippen molar-refractivity contribution in [2.75, 3.05) is 26.4 Å². The molecule has 1 saturated heterocycles. The smallest absolute Gasteiger partial charge is 0.223 e. The number of hydroxylamine groups is 1. The molecule has 6 nitrogen and oxygen atoms in total. The van der Waals surface area contributed by atoms with Crippen molar-refractivity contribution >= 4 is 5.91 Å². The summed E-state index contributed by atoms with van der Waals surface area (Å²) >= 11 is 0. The van der Waals surface area contributed by atoms with Crippen LogP contribution in [0, 0.1) is 11.8 Å². The highest BCUT2D eigenvalue weighted by Gasteiger charge is 2.30. The van der Waals surface area contributed by atoms with Crippen molar-refractivity contribution in [1.82, 2.24) is 10.8 Å². The van der Waals surface area contributed by atoms with Crippen molar-refractivity contribution in [3.05, 3.63) is 0 Å². The van der Waals surface area contributed by atoms with Gasteiger partial charge in [-0.1, -0.05) is 0 Å². The lowest BCUT2D eigenvalue weighted by atomic mass is 10.1. The first kappa shape index (κ1) is 12.8. The standard InChI is InChI=1S/C11H20N2O4/c14-4-3-12-11(15)9-2-1-8(5-9)6-17-13-10-7-16-10/h8-10,13-14H,1-7H2,(H,12,15). The lowest BCUT2D eigenvalue weighted by molar-refractivity contribution is -0.125. The second kappa shape index (κ2) is 6.30. The fourth-order valence-corrected chi connectivity index (χ4v) is 2.16. The van der Waals surface area contributed by atoms with Crippen LogP contribution in [0.2, 0.25) is 0 Å². The Balaban J connectivity index is 1.58. The van der Waals surface area contributed by atoms with Gasteiger partial charge < -0.3 is 15.2 Å². The predicted molar refractivity (Wildman–Crippen MR) is 59.8 cm³/mol. The van der Waals surface area contributed by atoms with Gasteiger partial charge in [-0.25, -0.2) is 0 Å². The Bertz CT molecular complexity index is 258. The van der Waals surface area contributed by atoms with Gasteiger partial charge in [0, 0.05) is 12.5 Å². The van der Waals surface area contributed by atoms with Crippen LogP contribution in [0.5, 0.6) is 0 Å². The fourth-order valence-electron chi connectivity index (χ4n) is 2.16. The van der Waals surface area contributed by atoms with E-state index in [2.05, 4.69) is 10.8 Å². The summed E-state index contributed by atoms with van der Waals surface area (Å²) in [7, 11) is 0. The summed E-state index contributed by atoms with van der Waals surface area (Å²) in [5.41, 5.74) is 2.81. The number of hydrogen-bond donors (Lipinski definition) is 3. The van der Waals surface area contributed by atoms with E-state index in [1.54, 1.807) is 0 Å². The van der Waals surface area contributed by atoms with Gasteiger partial charge >= 0.3 is 0 Å². The Morgan fingerprint density at radius 1 is 1.47 bits per heavy atom. The summed E-state index contributed by atoms with van der Waals surface area (Å²) in [6.07, 6.45) is 2.86. The van der Waals surface area contributed by atoms with Gasteiger partial charge in [0.25, 0.3) is 0 Å². The Hall–Kier alpha value is -0.690. The summed E-state index contributed by atoms with van der Waals surface area (Å²) in [4.78, 5) is 16.9. The highest BCUT2D eigenvalue weighted by atomic mass is 16.7. The average Bonchev–Trinajstić information content (AvgIpc) is 3.03. The number of amides is 1. The average molecular weight is 244 g/mol. The van der Waals surface area contributed by atoms with Crippen molar-refractivity contribution in [3.63, 3.8) is 0 Å². The number of epoxide rings is 1. The Morgan fingerprint density at radius 2 is 2.29 bits per heavy atom. The first-order valence-corrected chi connectivity index (χ1v) is 6.17. The zero-order valence-electron chi connectivity index (χ0n) is 9.85. The molecule has 0 aromatic carbocycles. The van der Waals surface area contributed by atoms with Crippen LogP contribution >= 0.6 is 0 Å². The van der Waals surface area contributed by atoms with Gasteiger partial charge in [0.15, 0.2) is 6.23 Å². The lowest BCUT2D eigenvalue weighted by Gasteiger charge is -2.11.